The third-order valence-electron chi connectivity index (χ3n) is 4.96. The Kier molecular flexibility index (Phi) is 4.31. The maximum atomic E-state index is 12.3. The van der Waals surface area contributed by atoms with Crippen LogP contribution in [0.25, 0.3) is 0 Å². The van der Waals surface area contributed by atoms with Crippen molar-refractivity contribution >= 4 is 11.9 Å². The van der Waals surface area contributed by atoms with Crippen molar-refractivity contribution in [3.05, 3.63) is 18.0 Å². The van der Waals surface area contributed by atoms with Gasteiger partial charge in [-0.05, 0) is 31.1 Å². The van der Waals surface area contributed by atoms with Gasteiger partial charge in [0.1, 0.15) is 0 Å². The Labute approximate surface area is 130 Å². The number of carbonyl (C=O) groups excluding carboxylic acids is 2. The van der Waals surface area contributed by atoms with Crippen LogP contribution in [0.15, 0.2) is 12.4 Å². The first kappa shape index (κ1) is 14.9. The molecule has 22 heavy (non-hydrogen) atoms. The second-order valence-electron chi connectivity index (χ2n) is 6.17. The molecule has 2 aliphatic heterocycles. The van der Waals surface area contributed by atoms with Crippen LogP contribution in [-0.4, -0.2) is 65.2 Å². The van der Waals surface area contributed by atoms with Crippen LogP contribution < -0.4 is 5.32 Å². The molecule has 0 spiro atoms. The third kappa shape index (κ3) is 2.93. The minimum absolute atomic E-state index is 0.0154. The predicted octanol–water partition coefficient (Wildman–Crippen LogP) is 0.923. The van der Waals surface area contributed by atoms with Crippen molar-refractivity contribution in [2.45, 2.75) is 19.3 Å². The number of nitrogens with one attached hydrogen (secondary N) is 2. The Morgan fingerprint density at radius 3 is 2.50 bits per heavy atom. The molecular formula is C15H23N5O2. The lowest BCUT2D eigenvalue weighted by Crippen LogP contribution is -2.44. The summed E-state index contributed by atoms with van der Waals surface area (Å²) in [5.41, 5.74) is 0.634. The van der Waals surface area contributed by atoms with E-state index in [4.69, 9.17) is 0 Å². The van der Waals surface area contributed by atoms with Crippen molar-refractivity contribution in [1.82, 2.24) is 25.3 Å². The summed E-state index contributed by atoms with van der Waals surface area (Å²) in [4.78, 5) is 27.7. The van der Waals surface area contributed by atoms with E-state index in [0.29, 0.717) is 17.4 Å². The van der Waals surface area contributed by atoms with Crippen LogP contribution in [0.3, 0.4) is 0 Å². The second-order valence-corrected chi connectivity index (χ2v) is 6.17. The normalized spacial score (nSPS) is 22.9. The van der Waals surface area contributed by atoms with E-state index in [1.807, 2.05) is 9.80 Å². The zero-order valence-corrected chi connectivity index (χ0v) is 12.9. The number of likely N-dealkylation sites (tertiary alicyclic amines) is 2. The molecule has 2 fully saturated rings. The monoisotopic (exact) mass is 305 g/mol. The minimum atomic E-state index is 0.0154. The summed E-state index contributed by atoms with van der Waals surface area (Å²) in [5, 5.41) is 9.21. The molecule has 1 atom stereocenters. The zero-order valence-electron chi connectivity index (χ0n) is 12.9. The van der Waals surface area contributed by atoms with Crippen LogP contribution in [0.5, 0.6) is 0 Å². The van der Waals surface area contributed by atoms with Gasteiger partial charge < -0.3 is 15.1 Å². The highest BCUT2D eigenvalue weighted by atomic mass is 16.2. The van der Waals surface area contributed by atoms with E-state index in [9.17, 15) is 9.59 Å². The van der Waals surface area contributed by atoms with E-state index in [0.717, 1.165) is 45.4 Å². The number of H-pyrrole nitrogens is 1. The van der Waals surface area contributed by atoms with Crippen LogP contribution in [0.4, 0.5) is 4.79 Å². The number of nitrogens with zero attached hydrogens (tertiary/aromatic N) is 3. The maximum Gasteiger partial charge on any atom is 0.317 e. The van der Waals surface area contributed by atoms with E-state index in [1.165, 1.54) is 0 Å². The van der Waals surface area contributed by atoms with Crippen LogP contribution in [0, 0.1) is 11.8 Å². The lowest BCUT2D eigenvalue weighted by molar-refractivity contribution is 0.0777. The lowest BCUT2D eigenvalue weighted by atomic mass is 9.84. The topological polar surface area (TPSA) is 81.3 Å². The molecule has 0 aromatic carbocycles. The molecule has 0 bridgehead atoms. The van der Waals surface area contributed by atoms with E-state index < -0.39 is 0 Å². The molecule has 1 unspecified atom stereocenters. The number of hydrogen-bond donors (Lipinski definition) is 2. The van der Waals surface area contributed by atoms with Crippen LogP contribution in [0.2, 0.25) is 0 Å². The molecule has 0 saturated carbocycles. The first-order valence-corrected chi connectivity index (χ1v) is 7.93. The molecule has 2 aliphatic rings. The van der Waals surface area contributed by atoms with Gasteiger partial charge in [-0.25, -0.2) is 4.79 Å². The summed E-state index contributed by atoms with van der Waals surface area (Å²) in [5.74, 6) is 1.24. The number of urea groups is 1. The quantitative estimate of drug-likeness (QED) is 0.852. The third-order valence-corrected chi connectivity index (χ3v) is 4.96. The van der Waals surface area contributed by atoms with E-state index in [-0.39, 0.29) is 11.9 Å². The van der Waals surface area contributed by atoms with Gasteiger partial charge in [-0.15, -0.1) is 0 Å². The largest absolute Gasteiger partial charge is 0.341 e. The molecular weight excluding hydrogens is 282 g/mol. The number of carbonyl (C=O) groups is 2. The smallest absolute Gasteiger partial charge is 0.317 e. The number of aromatic nitrogens is 2. The van der Waals surface area contributed by atoms with Crippen molar-refractivity contribution in [3.8, 4) is 0 Å². The van der Waals surface area contributed by atoms with Crippen molar-refractivity contribution in [3.63, 3.8) is 0 Å². The Balaban J connectivity index is 1.51. The molecule has 3 amide bonds. The summed E-state index contributed by atoms with van der Waals surface area (Å²) in [6.07, 6.45) is 6.36. The molecule has 0 radical (unpaired) electrons. The summed E-state index contributed by atoms with van der Waals surface area (Å²) >= 11 is 0. The van der Waals surface area contributed by atoms with Crippen molar-refractivity contribution in [1.29, 1.82) is 0 Å². The molecule has 2 N–H and O–H groups in total. The highest BCUT2D eigenvalue weighted by Crippen LogP contribution is 2.32. The van der Waals surface area contributed by atoms with Crippen molar-refractivity contribution in [2.24, 2.45) is 11.8 Å². The summed E-state index contributed by atoms with van der Waals surface area (Å²) < 4.78 is 0. The minimum Gasteiger partial charge on any atom is -0.341 e. The Morgan fingerprint density at radius 2 is 1.86 bits per heavy atom. The van der Waals surface area contributed by atoms with Gasteiger partial charge in [0.25, 0.3) is 5.91 Å². The summed E-state index contributed by atoms with van der Waals surface area (Å²) in [7, 11) is 1.67. The molecule has 120 valence electrons. The predicted molar refractivity (Wildman–Crippen MR) is 81.4 cm³/mol. The fourth-order valence-corrected chi connectivity index (χ4v) is 3.64. The number of amides is 3. The Hall–Kier alpha value is -2.05. The van der Waals surface area contributed by atoms with E-state index in [1.54, 1.807) is 19.4 Å². The molecule has 7 nitrogen and oxygen atoms in total. The molecule has 1 aromatic rings. The highest BCUT2D eigenvalue weighted by molar-refractivity contribution is 5.93. The fraction of sp³-hybridized carbons (Fsp3) is 0.667. The number of aromatic amines is 1. The van der Waals surface area contributed by atoms with Gasteiger partial charge in [0.2, 0.25) is 0 Å². The van der Waals surface area contributed by atoms with Gasteiger partial charge in [-0.3, -0.25) is 9.89 Å². The molecule has 2 saturated heterocycles. The van der Waals surface area contributed by atoms with E-state index >= 15 is 0 Å². The molecule has 0 aliphatic carbocycles. The number of rotatable bonds is 2. The highest BCUT2D eigenvalue weighted by Gasteiger charge is 2.34. The van der Waals surface area contributed by atoms with Gasteiger partial charge >= 0.3 is 6.03 Å². The van der Waals surface area contributed by atoms with Gasteiger partial charge in [-0.1, -0.05) is 0 Å². The lowest BCUT2D eigenvalue weighted by Gasteiger charge is -2.34. The van der Waals surface area contributed by atoms with Crippen molar-refractivity contribution < 1.29 is 9.59 Å². The summed E-state index contributed by atoms with van der Waals surface area (Å²) in [6.45, 7) is 3.28. The molecule has 3 rings (SSSR count). The zero-order chi connectivity index (χ0) is 15.5. The van der Waals surface area contributed by atoms with Gasteiger partial charge in [0.15, 0.2) is 0 Å². The first-order chi connectivity index (χ1) is 10.7. The van der Waals surface area contributed by atoms with Crippen LogP contribution >= 0.6 is 0 Å². The number of hydrogen-bond acceptors (Lipinski definition) is 3. The van der Waals surface area contributed by atoms with Crippen LogP contribution in [-0.2, 0) is 0 Å². The average Bonchev–Trinajstić information content (AvgIpc) is 3.25. The van der Waals surface area contributed by atoms with Crippen molar-refractivity contribution in [2.75, 3.05) is 33.2 Å². The van der Waals surface area contributed by atoms with Gasteiger partial charge in [0.05, 0.1) is 11.8 Å². The van der Waals surface area contributed by atoms with Gasteiger partial charge in [-0.2, -0.15) is 5.10 Å². The number of piperidine rings is 1. The Bertz CT molecular complexity index is 522. The molecule has 1 aromatic heterocycles. The first-order valence-electron chi connectivity index (χ1n) is 7.93. The van der Waals surface area contributed by atoms with E-state index in [2.05, 4.69) is 15.5 Å². The average molecular weight is 305 g/mol. The summed E-state index contributed by atoms with van der Waals surface area (Å²) in [6, 6.07) is 0.0154. The van der Waals surface area contributed by atoms with Crippen LogP contribution in [0.1, 0.15) is 29.6 Å². The fourth-order valence-electron chi connectivity index (χ4n) is 3.64. The molecule has 7 heteroatoms. The SMILES string of the molecule is CNC(=O)N1CCC(C2CCN(C(=O)c3cn[nH]c3)C2)CC1. The standard InChI is InChI=1S/C15H23N5O2/c1-16-15(22)19-5-2-11(3-6-19)12-4-7-20(10-12)14(21)13-8-17-18-9-13/h8-9,11-12H,2-7,10H2,1H3,(H,16,22)(H,17,18). The van der Waals surface area contributed by atoms with Gasteiger partial charge in [0, 0.05) is 39.4 Å². The molecule has 3 heterocycles. The maximum absolute atomic E-state index is 12.3. The second kappa shape index (κ2) is 6.37. The Morgan fingerprint density at radius 1 is 1.18 bits per heavy atom.